The minimum Gasteiger partial charge on any atom is -0.508 e. The summed E-state index contributed by atoms with van der Waals surface area (Å²) in [6.07, 6.45) is 0. The summed E-state index contributed by atoms with van der Waals surface area (Å²) in [5, 5.41) is 17.4. The van der Waals surface area contributed by atoms with E-state index in [-0.39, 0.29) is 6.04 Å². The van der Waals surface area contributed by atoms with Crippen molar-refractivity contribution in [2.45, 2.75) is 33.4 Å². The van der Waals surface area contributed by atoms with E-state index in [9.17, 15) is 5.11 Å². The van der Waals surface area contributed by atoms with E-state index < -0.39 is 0 Å². The molecular weight excluding hydrogens is 238 g/mol. The van der Waals surface area contributed by atoms with Crippen molar-refractivity contribution in [3.63, 3.8) is 0 Å². The monoisotopic (exact) mass is 259 g/mol. The highest BCUT2D eigenvalue weighted by Crippen LogP contribution is 2.21. The zero-order valence-electron chi connectivity index (χ0n) is 11.9. The summed E-state index contributed by atoms with van der Waals surface area (Å²) in [6.45, 7) is 6.99. The Bertz CT molecular complexity index is 575. The Hall–Kier alpha value is -1.81. The van der Waals surface area contributed by atoms with Crippen LogP contribution in [0.1, 0.15) is 35.5 Å². The smallest absolute Gasteiger partial charge is 0.115 e. The second kappa shape index (κ2) is 5.45. The van der Waals surface area contributed by atoms with Gasteiger partial charge < -0.3 is 10.4 Å². The molecule has 0 aliphatic rings. The van der Waals surface area contributed by atoms with Gasteiger partial charge >= 0.3 is 0 Å². The third kappa shape index (κ3) is 2.96. The summed E-state index contributed by atoms with van der Waals surface area (Å²) in [4.78, 5) is 0. The van der Waals surface area contributed by atoms with E-state index in [2.05, 4.69) is 24.3 Å². The number of aryl methyl sites for hydroxylation is 2. The molecule has 1 aromatic carbocycles. The Labute approximate surface area is 114 Å². The lowest BCUT2D eigenvalue weighted by Crippen LogP contribution is -2.19. The maximum Gasteiger partial charge on any atom is 0.115 e. The van der Waals surface area contributed by atoms with Crippen molar-refractivity contribution in [3.05, 3.63) is 46.8 Å². The predicted molar refractivity (Wildman–Crippen MR) is 76.0 cm³/mol. The van der Waals surface area contributed by atoms with Gasteiger partial charge in [-0.05, 0) is 38.5 Å². The molecule has 0 amide bonds. The molecule has 1 aromatic heterocycles. The van der Waals surface area contributed by atoms with Crippen LogP contribution in [0.3, 0.4) is 0 Å². The van der Waals surface area contributed by atoms with E-state index >= 15 is 0 Å². The fourth-order valence-corrected chi connectivity index (χ4v) is 2.46. The number of phenols is 1. The molecule has 0 spiro atoms. The third-order valence-electron chi connectivity index (χ3n) is 3.52. The molecule has 0 radical (unpaired) electrons. The number of nitrogens with one attached hydrogen (secondary N) is 1. The van der Waals surface area contributed by atoms with Crippen molar-refractivity contribution >= 4 is 0 Å². The van der Waals surface area contributed by atoms with Gasteiger partial charge in [0.25, 0.3) is 0 Å². The summed E-state index contributed by atoms with van der Waals surface area (Å²) in [6, 6.07) is 7.56. The Balaban J connectivity index is 2.07. The van der Waals surface area contributed by atoms with E-state index in [1.807, 2.05) is 30.8 Å². The Morgan fingerprint density at radius 3 is 2.68 bits per heavy atom. The highest BCUT2D eigenvalue weighted by Gasteiger charge is 2.15. The molecule has 0 aliphatic heterocycles. The van der Waals surface area contributed by atoms with Crippen LogP contribution in [0.5, 0.6) is 5.75 Å². The number of aromatic hydroxyl groups is 1. The average molecular weight is 259 g/mol. The van der Waals surface area contributed by atoms with Crippen LogP contribution >= 0.6 is 0 Å². The molecule has 0 unspecified atom stereocenters. The van der Waals surface area contributed by atoms with Crippen LogP contribution in [0.2, 0.25) is 0 Å². The lowest BCUT2D eigenvalue weighted by atomic mass is 10.1. The molecule has 2 N–H and O–H groups in total. The second-order valence-electron chi connectivity index (χ2n) is 4.98. The molecule has 2 rings (SSSR count). The molecule has 0 saturated carbocycles. The molecule has 4 heteroatoms. The van der Waals surface area contributed by atoms with Crippen LogP contribution in [0.4, 0.5) is 0 Å². The summed E-state index contributed by atoms with van der Waals surface area (Å²) in [7, 11) is 1.97. The van der Waals surface area contributed by atoms with E-state index in [0.717, 1.165) is 17.8 Å². The van der Waals surface area contributed by atoms with E-state index in [4.69, 9.17) is 0 Å². The largest absolute Gasteiger partial charge is 0.508 e. The van der Waals surface area contributed by atoms with Crippen LogP contribution < -0.4 is 5.32 Å². The molecule has 0 fully saturated rings. The molecule has 2 aromatic rings. The van der Waals surface area contributed by atoms with Crippen LogP contribution in [0, 0.1) is 13.8 Å². The van der Waals surface area contributed by atoms with Gasteiger partial charge in [-0.1, -0.05) is 12.1 Å². The maximum absolute atomic E-state index is 9.45. The first-order chi connectivity index (χ1) is 8.99. The summed E-state index contributed by atoms with van der Waals surface area (Å²) >= 11 is 0. The van der Waals surface area contributed by atoms with Crippen LogP contribution in [-0.4, -0.2) is 14.9 Å². The van der Waals surface area contributed by atoms with Gasteiger partial charge in [0.05, 0.1) is 5.69 Å². The minimum atomic E-state index is 0.232. The summed E-state index contributed by atoms with van der Waals surface area (Å²) < 4.78 is 1.91. The Morgan fingerprint density at radius 1 is 1.37 bits per heavy atom. The van der Waals surface area contributed by atoms with Gasteiger partial charge in [-0.15, -0.1) is 0 Å². The molecular formula is C15H21N3O. The van der Waals surface area contributed by atoms with Gasteiger partial charge in [0.15, 0.2) is 0 Å². The van der Waals surface area contributed by atoms with Gasteiger partial charge in [-0.3, -0.25) is 4.68 Å². The van der Waals surface area contributed by atoms with Gasteiger partial charge in [0, 0.05) is 30.9 Å². The Morgan fingerprint density at radius 2 is 2.11 bits per heavy atom. The van der Waals surface area contributed by atoms with Crippen molar-refractivity contribution in [1.82, 2.24) is 15.1 Å². The summed E-state index contributed by atoms with van der Waals surface area (Å²) in [5.74, 6) is 0.306. The SMILES string of the molecule is Cc1nn(C)c(C)c1[C@@H](C)NCc1cccc(O)c1. The van der Waals surface area contributed by atoms with Crippen molar-refractivity contribution < 1.29 is 5.11 Å². The van der Waals surface area contributed by atoms with E-state index in [1.165, 1.54) is 11.3 Å². The zero-order chi connectivity index (χ0) is 14.0. The van der Waals surface area contributed by atoms with Gasteiger partial charge in [0.1, 0.15) is 5.75 Å². The van der Waals surface area contributed by atoms with E-state index in [0.29, 0.717) is 5.75 Å². The molecule has 1 atom stereocenters. The van der Waals surface area contributed by atoms with Gasteiger partial charge in [-0.25, -0.2) is 0 Å². The normalized spacial score (nSPS) is 12.6. The first-order valence-electron chi connectivity index (χ1n) is 6.50. The highest BCUT2D eigenvalue weighted by molar-refractivity contribution is 5.29. The van der Waals surface area contributed by atoms with Crippen LogP contribution in [0.25, 0.3) is 0 Å². The first kappa shape index (κ1) is 13.6. The van der Waals surface area contributed by atoms with Crippen LogP contribution in [0.15, 0.2) is 24.3 Å². The molecule has 0 saturated heterocycles. The number of phenolic OH excluding ortho intramolecular Hbond substituents is 1. The van der Waals surface area contributed by atoms with Crippen molar-refractivity contribution in [1.29, 1.82) is 0 Å². The first-order valence-corrected chi connectivity index (χ1v) is 6.50. The highest BCUT2D eigenvalue weighted by atomic mass is 16.3. The number of benzene rings is 1. The Kier molecular flexibility index (Phi) is 3.90. The minimum absolute atomic E-state index is 0.232. The lowest BCUT2D eigenvalue weighted by Gasteiger charge is -2.15. The predicted octanol–water partition coefficient (Wildman–Crippen LogP) is 2.59. The van der Waals surface area contributed by atoms with Crippen molar-refractivity contribution in [3.8, 4) is 5.75 Å². The molecule has 4 nitrogen and oxygen atoms in total. The standard InChI is InChI=1S/C15H21N3O/c1-10(15-11(2)17-18(4)12(15)3)16-9-13-6-5-7-14(19)8-13/h5-8,10,16,19H,9H2,1-4H3/t10-/m1/s1. The number of aromatic nitrogens is 2. The molecule has 102 valence electrons. The number of hydrogen-bond acceptors (Lipinski definition) is 3. The number of rotatable bonds is 4. The fraction of sp³-hybridized carbons (Fsp3) is 0.400. The second-order valence-corrected chi connectivity index (χ2v) is 4.98. The lowest BCUT2D eigenvalue weighted by molar-refractivity contribution is 0.473. The molecule has 0 aliphatic carbocycles. The fourth-order valence-electron chi connectivity index (χ4n) is 2.46. The number of nitrogens with zero attached hydrogens (tertiary/aromatic N) is 2. The maximum atomic E-state index is 9.45. The molecule has 1 heterocycles. The zero-order valence-corrected chi connectivity index (χ0v) is 11.9. The van der Waals surface area contributed by atoms with Crippen molar-refractivity contribution in [2.24, 2.45) is 7.05 Å². The average Bonchev–Trinajstić information content (AvgIpc) is 2.61. The quantitative estimate of drug-likeness (QED) is 0.887. The van der Waals surface area contributed by atoms with Crippen molar-refractivity contribution in [2.75, 3.05) is 0 Å². The van der Waals surface area contributed by atoms with Gasteiger partial charge in [-0.2, -0.15) is 5.10 Å². The molecule has 0 bridgehead atoms. The topological polar surface area (TPSA) is 50.1 Å². The summed E-state index contributed by atoms with van der Waals surface area (Å²) in [5.41, 5.74) is 4.58. The number of hydrogen-bond donors (Lipinski definition) is 2. The third-order valence-corrected chi connectivity index (χ3v) is 3.52. The van der Waals surface area contributed by atoms with Gasteiger partial charge in [0.2, 0.25) is 0 Å². The van der Waals surface area contributed by atoms with Crippen LogP contribution in [-0.2, 0) is 13.6 Å². The van der Waals surface area contributed by atoms with E-state index in [1.54, 1.807) is 12.1 Å². The molecule has 19 heavy (non-hydrogen) atoms.